The van der Waals surface area contributed by atoms with Crippen LogP contribution in [0.2, 0.25) is 0 Å². The molecule has 2 nitrogen and oxygen atoms in total. The first-order valence-corrected chi connectivity index (χ1v) is 6.62. The number of nitrogens with one attached hydrogen (secondary N) is 1. The van der Waals surface area contributed by atoms with Gasteiger partial charge in [-0.25, -0.2) is 0 Å². The fraction of sp³-hybridized carbons (Fsp3) is 1.00. The van der Waals surface area contributed by atoms with E-state index in [-0.39, 0.29) is 5.54 Å². The van der Waals surface area contributed by atoms with Crippen LogP contribution in [-0.2, 0) is 0 Å². The van der Waals surface area contributed by atoms with Crippen LogP contribution in [0.5, 0.6) is 0 Å². The molecule has 0 bridgehead atoms. The number of hydrogen-bond donors (Lipinski definition) is 1. The quantitative estimate of drug-likeness (QED) is 0.628. The molecule has 0 unspecified atom stereocenters. The van der Waals surface area contributed by atoms with E-state index in [2.05, 4.69) is 45.1 Å². The van der Waals surface area contributed by atoms with Crippen LogP contribution < -0.4 is 5.32 Å². The summed E-state index contributed by atoms with van der Waals surface area (Å²) in [7, 11) is 4.27. The Labute approximate surface area is 93.8 Å². The third kappa shape index (κ3) is 6.68. The Hall–Kier alpha value is 0.270. The minimum atomic E-state index is 0.262. The van der Waals surface area contributed by atoms with Crippen LogP contribution in [0.4, 0.5) is 0 Å². The molecule has 1 N–H and O–H groups in total. The van der Waals surface area contributed by atoms with Crippen molar-refractivity contribution in [3.05, 3.63) is 0 Å². The molecule has 0 amide bonds. The first-order valence-electron chi connectivity index (χ1n) is 5.46. The minimum Gasteiger partial charge on any atom is -0.315 e. The van der Waals surface area contributed by atoms with E-state index in [0.717, 1.165) is 13.1 Å². The maximum atomic E-state index is 3.51. The number of rotatable bonds is 8. The topological polar surface area (TPSA) is 15.3 Å². The molecule has 0 saturated carbocycles. The summed E-state index contributed by atoms with van der Waals surface area (Å²) in [6.07, 6.45) is 1.28. The van der Waals surface area contributed by atoms with Gasteiger partial charge in [-0.1, -0.05) is 6.92 Å². The van der Waals surface area contributed by atoms with Gasteiger partial charge < -0.3 is 10.2 Å². The second kappa shape index (κ2) is 7.55. The molecule has 86 valence electrons. The van der Waals surface area contributed by atoms with Crippen LogP contribution in [0.3, 0.4) is 0 Å². The van der Waals surface area contributed by atoms with Gasteiger partial charge in [0.25, 0.3) is 0 Å². The van der Waals surface area contributed by atoms with Crippen molar-refractivity contribution in [2.45, 2.75) is 32.7 Å². The van der Waals surface area contributed by atoms with Crippen LogP contribution in [0.15, 0.2) is 0 Å². The highest BCUT2D eigenvalue weighted by Gasteiger charge is 2.18. The van der Waals surface area contributed by atoms with E-state index >= 15 is 0 Å². The summed E-state index contributed by atoms with van der Waals surface area (Å²) >= 11 is 2.02. The van der Waals surface area contributed by atoms with Gasteiger partial charge >= 0.3 is 0 Å². The van der Waals surface area contributed by atoms with Crippen molar-refractivity contribution in [1.82, 2.24) is 10.2 Å². The lowest BCUT2D eigenvalue weighted by atomic mass is 10.0. The summed E-state index contributed by atoms with van der Waals surface area (Å²) in [4.78, 5) is 2.26. The van der Waals surface area contributed by atoms with Gasteiger partial charge in [0.05, 0.1) is 0 Å². The van der Waals surface area contributed by atoms with Gasteiger partial charge in [0, 0.05) is 12.1 Å². The van der Waals surface area contributed by atoms with Crippen molar-refractivity contribution in [1.29, 1.82) is 0 Å². The minimum absolute atomic E-state index is 0.262. The Morgan fingerprint density at radius 3 is 2.43 bits per heavy atom. The smallest absolute Gasteiger partial charge is 0.0271 e. The van der Waals surface area contributed by atoms with Gasteiger partial charge in [-0.2, -0.15) is 11.8 Å². The highest BCUT2D eigenvalue weighted by molar-refractivity contribution is 7.99. The van der Waals surface area contributed by atoms with Crippen molar-refractivity contribution in [3.8, 4) is 0 Å². The first kappa shape index (κ1) is 14.3. The third-order valence-electron chi connectivity index (χ3n) is 2.61. The van der Waals surface area contributed by atoms with Crippen LogP contribution in [-0.4, -0.2) is 49.1 Å². The summed E-state index contributed by atoms with van der Waals surface area (Å²) < 4.78 is 0. The monoisotopic (exact) mass is 218 g/mol. The fourth-order valence-electron chi connectivity index (χ4n) is 0.996. The zero-order valence-electron chi connectivity index (χ0n) is 10.4. The molecule has 0 aliphatic heterocycles. The molecule has 0 saturated heterocycles. The lowest BCUT2D eigenvalue weighted by Gasteiger charge is -2.32. The SMILES string of the molecule is CCSCCCNCC(C)(C)N(C)C. The molecular formula is C11H26N2S. The normalized spacial score (nSPS) is 12.4. The Balaban J connectivity index is 3.35. The summed E-state index contributed by atoms with van der Waals surface area (Å²) in [6, 6.07) is 0. The second-order valence-corrected chi connectivity index (χ2v) is 5.83. The Kier molecular flexibility index (Phi) is 7.69. The lowest BCUT2D eigenvalue weighted by molar-refractivity contribution is 0.190. The number of hydrogen-bond acceptors (Lipinski definition) is 3. The summed E-state index contributed by atoms with van der Waals surface area (Å²) in [5.41, 5.74) is 0.262. The van der Waals surface area contributed by atoms with Crippen molar-refractivity contribution >= 4 is 11.8 Å². The maximum Gasteiger partial charge on any atom is 0.0271 e. The Bertz CT molecular complexity index is 135. The largest absolute Gasteiger partial charge is 0.315 e. The number of nitrogens with zero attached hydrogens (tertiary/aromatic N) is 1. The molecule has 14 heavy (non-hydrogen) atoms. The average Bonchev–Trinajstić information content (AvgIpc) is 2.10. The molecule has 0 spiro atoms. The van der Waals surface area contributed by atoms with Crippen LogP contribution in [0.1, 0.15) is 27.2 Å². The molecule has 0 aliphatic rings. The molecule has 0 fully saturated rings. The van der Waals surface area contributed by atoms with E-state index in [1.807, 2.05) is 11.8 Å². The zero-order chi connectivity index (χ0) is 11.0. The van der Waals surface area contributed by atoms with E-state index in [0.29, 0.717) is 0 Å². The van der Waals surface area contributed by atoms with E-state index in [4.69, 9.17) is 0 Å². The predicted molar refractivity (Wildman–Crippen MR) is 68.3 cm³/mol. The standard InChI is InChI=1S/C11H26N2S/c1-6-14-9-7-8-12-10-11(2,3)13(4)5/h12H,6-10H2,1-5H3. The lowest BCUT2D eigenvalue weighted by Crippen LogP contribution is -2.46. The van der Waals surface area contributed by atoms with Gasteiger partial charge in [0.1, 0.15) is 0 Å². The summed E-state index contributed by atoms with van der Waals surface area (Å²) in [6.45, 7) is 8.95. The molecular weight excluding hydrogens is 192 g/mol. The van der Waals surface area contributed by atoms with Crippen molar-refractivity contribution in [2.24, 2.45) is 0 Å². The molecule has 0 rings (SSSR count). The van der Waals surface area contributed by atoms with Crippen molar-refractivity contribution < 1.29 is 0 Å². The van der Waals surface area contributed by atoms with E-state index in [1.54, 1.807) is 0 Å². The van der Waals surface area contributed by atoms with Crippen LogP contribution in [0.25, 0.3) is 0 Å². The molecule has 0 aromatic carbocycles. The Morgan fingerprint density at radius 1 is 1.29 bits per heavy atom. The Morgan fingerprint density at radius 2 is 1.93 bits per heavy atom. The van der Waals surface area contributed by atoms with Crippen LogP contribution >= 0.6 is 11.8 Å². The third-order valence-corrected chi connectivity index (χ3v) is 3.60. The van der Waals surface area contributed by atoms with Gasteiger partial charge in [-0.3, -0.25) is 0 Å². The van der Waals surface area contributed by atoms with Gasteiger partial charge in [0.2, 0.25) is 0 Å². The van der Waals surface area contributed by atoms with E-state index < -0.39 is 0 Å². The molecule has 0 aliphatic carbocycles. The molecule has 0 radical (unpaired) electrons. The molecule has 0 aromatic heterocycles. The van der Waals surface area contributed by atoms with Gasteiger partial charge in [-0.05, 0) is 52.4 Å². The molecule has 0 heterocycles. The zero-order valence-corrected chi connectivity index (χ0v) is 11.2. The molecule has 0 aromatic rings. The highest BCUT2D eigenvalue weighted by atomic mass is 32.2. The summed E-state index contributed by atoms with van der Waals surface area (Å²) in [5.74, 6) is 2.52. The van der Waals surface area contributed by atoms with Gasteiger partial charge in [-0.15, -0.1) is 0 Å². The predicted octanol–water partition coefficient (Wildman–Crippen LogP) is 2.06. The van der Waals surface area contributed by atoms with Gasteiger partial charge in [0.15, 0.2) is 0 Å². The first-order chi connectivity index (χ1) is 6.50. The average molecular weight is 218 g/mol. The second-order valence-electron chi connectivity index (χ2n) is 4.43. The summed E-state index contributed by atoms with van der Waals surface area (Å²) in [5, 5.41) is 3.51. The number of likely N-dealkylation sites (N-methyl/N-ethyl adjacent to an activating group) is 1. The van der Waals surface area contributed by atoms with Crippen LogP contribution in [0, 0.1) is 0 Å². The molecule has 0 atom stereocenters. The fourth-order valence-corrected chi connectivity index (χ4v) is 1.63. The van der Waals surface area contributed by atoms with E-state index in [9.17, 15) is 0 Å². The van der Waals surface area contributed by atoms with Crippen molar-refractivity contribution in [3.63, 3.8) is 0 Å². The molecule has 3 heteroatoms. The van der Waals surface area contributed by atoms with Crippen molar-refractivity contribution in [2.75, 3.05) is 38.7 Å². The maximum absolute atomic E-state index is 3.51. The van der Waals surface area contributed by atoms with E-state index in [1.165, 1.54) is 17.9 Å². The number of thioether (sulfide) groups is 1. The highest BCUT2D eigenvalue weighted by Crippen LogP contribution is 2.07.